The number of nitrogens with one attached hydrogen (secondary N) is 1. The molecule has 134 valence electrons. The Morgan fingerprint density at radius 2 is 2.08 bits per heavy atom. The number of hydrogen-bond donors (Lipinski definition) is 1. The molecule has 0 radical (unpaired) electrons. The second kappa shape index (κ2) is 7.89. The van der Waals surface area contributed by atoms with Gasteiger partial charge < -0.3 is 19.5 Å². The SMILES string of the molecule is C[C@H](OC(=O)Cc1ccc2c(c1)OCCO2)C(=O)Nc1sccc1C#N. The molecule has 1 aromatic carbocycles. The molecular formula is C18H16N2O5S. The third-order valence-electron chi connectivity index (χ3n) is 3.65. The quantitative estimate of drug-likeness (QED) is 0.810. The maximum Gasteiger partial charge on any atom is 0.311 e. The number of anilines is 1. The van der Waals surface area contributed by atoms with E-state index in [0.29, 0.717) is 40.8 Å². The zero-order valence-electron chi connectivity index (χ0n) is 14.0. The van der Waals surface area contributed by atoms with Crippen molar-refractivity contribution in [1.82, 2.24) is 0 Å². The van der Waals surface area contributed by atoms with Gasteiger partial charge in [-0.2, -0.15) is 5.26 Å². The standard InChI is InChI=1S/C18H16N2O5S/c1-11(17(22)20-18-13(10-19)4-7-26-18)25-16(21)9-12-2-3-14-15(8-12)24-6-5-23-14/h2-4,7-8,11H,5-6,9H2,1H3,(H,20,22)/t11-/m0/s1. The molecule has 1 N–H and O–H groups in total. The molecule has 26 heavy (non-hydrogen) atoms. The Morgan fingerprint density at radius 1 is 1.31 bits per heavy atom. The fourth-order valence-corrected chi connectivity index (χ4v) is 3.10. The fourth-order valence-electron chi connectivity index (χ4n) is 2.36. The largest absolute Gasteiger partial charge is 0.486 e. The van der Waals surface area contributed by atoms with Crippen LogP contribution >= 0.6 is 11.3 Å². The maximum atomic E-state index is 12.1. The summed E-state index contributed by atoms with van der Waals surface area (Å²) in [6.07, 6.45) is -0.968. The van der Waals surface area contributed by atoms with Crippen LogP contribution in [0.3, 0.4) is 0 Å². The number of benzene rings is 1. The van der Waals surface area contributed by atoms with Crippen LogP contribution < -0.4 is 14.8 Å². The van der Waals surface area contributed by atoms with Crippen LogP contribution in [0.5, 0.6) is 11.5 Å². The van der Waals surface area contributed by atoms with Crippen LogP contribution in [0, 0.1) is 11.3 Å². The molecule has 0 bridgehead atoms. The van der Waals surface area contributed by atoms with Crippen molar-refractivity contribution in [3.63, 3.8) is 0 Å². The van der Waals surface area contributed by atoms with E-state index < -0.39 is 18.0 Å². The van der Waals surface area contributed by atoms with Gasteiger partial charge in [-0.1, -0.05) is 6.07 Å². The molecule has 0 saturated heterocycles. The predicted molar refractivity (Wildman–Crippen MR) is 94.4 cm³/mol. The number of fused-ring (bicyclic) bond motifs is 1. The Morgan fingerprint density at radius 3 is 2.85 bits per heavy atom. The summed E-state index contributed by atoms with van der Waals surface area (Å²) in [7, 11) is 0. The Hall–Kier alpha value is -3.05. The average Bonchev–Trinajstić information content (AvgIpc) is 3.08. The summed E-state index contributed by atoms with van der Waals surface area (Å²) in [4.78, 5) is 24.2. The van der Waals surface area contributed by atoms with Crippen LogP contribution in [0.25, 0.3) is 0 Å². The number of thiophene rings is 1. The lowest BCUT2D eigenvalue weighted by molar-refractivity contribution is -0.152. The van der Waals surface area contributed by atoms with Gasteiger partial charge >= 0.3 is 5.97 Å². The smallest absolute Gasteiger partial charge is 0.311 e. The highest BCUT2D eigenvalue weighted by atomic mass is 32.1. The monoisotopic (exact) mass is 372 g/mol. The van der Waals surface area contributed by atoms with Crippen LogP contribution in [0.1, 0.15) is 18.1 Å². The van der Waals surface area contributed by atoms with Gasteiger partial charge in [0.25, 0.3) is 5.91 Å². The molecule has 0 spiro atoms. The lowest BCUT2D eigenvalue weighted by Crippen LogP contribution is -2.30. The molecular weight excluding hydrogens is 356 g/mol. The number of carbonyl (C=O) groups is 2. The molecule has 1 amide bonds. The first kappa shape index (κ1) is 17.8. The normalized spacial score (nSPS) is 13.4. The summed E-state index contributed by atoms with van der Waals surface area (Å²) in [5.74, 6) is 0.218. The molecule has 0 unspecified atom stereocenters. The van der Waals surface area contributed by atoms with Crippen molar-refractivity contribution in [2.75, 3.05) is 18.5 Å². The van der Waals surface area contributed by atoms with E-state index in [9.17, 15) is 9.59 Å². The van der Waals surface area contributed by atoms with Gasteiger partial charge in [0.15, 0.2) is 17.6 Å². The predicted octanol–water partition coefficient (Wildman–Crippen LogP) is 2.50. The first-order valence-corrected chi connectivity index (χ1v) is 8.81. The highest BCUT2D eigenvalue weighted by Crippen LogP contribution is 2.31. The van der Waals surface area contributed by atoms with E-state index >= 15 is 0 Å². The molecule has 8 heteroatoms. The van der Waals surface area contributed by atoms with Crippen molar-refractivity contribution in [2.45, 2.75) is 19.4 Å². The van der Waals surface area contributed by atoms with E-state index in [2.05, 4.69) is 5.32 Å². The Kier molecular flexibility index (Phi) is 5.39. The van der Waals surface area contributed by atoms with Crippen LogP contribution in [0.15, 0.2) is 29.6 Å². The molecule has 0 saturated carbocycles. The molecule has 1 aromatic heterocycles. The first-order valence-electron chi connectivity index (χ1n) is 7.93. The third-order valence-corrected chi connectivity index (χ3v) is 4.48. The maximum absolute atomic E-state index is 12.1. The summed E-state index contributed by atoms with van der Waals surface area (Å²) in [6.45, 7) is 2.45. The van der Waals surface area contributed by atoms with Crippen molar-refractivity contribution in [3.8, 4) is 17.6 Å². The lowest BCUT2D eigenvalue weighted by atomic mass is 10.1. The summed E-state index contributed by atoms with van der Waals surface area (Å²) in [5.41, 5.74) is 1.08. The van der Waals surface area contributed by atoms with E-state index in [-0.39, 0.29) is 6.42 Å². The molecule has 2 aromatic rings. The van der Waals surface area contributed by atoms with Crippen molar-refractivity contribution >= 4 is 28.2 Å². The summed E-state index contributed by atoms with van der Waals surface area (Å²) in [6, 6.07) is 8.82. The van der Waals surface area contributed by atoms with Gasteiger partial charge in [-0.25, -0.2) is 0 Å². The minimum Gasteiger partial charge on any atom is -0.486 e. The number of carbonyl (C=O) groups excluding carboxylic acids is 2. The van der Waals surface area contributed by atoms with Gasteiger partial charge in [0.1, 0.15) is 24.3 Å². The number of nitrogens with zero attached hydrogens (tertiary/aromatic N) is 1. The Balaban J connectivity index is 1.55. The van der Waals surface area contributed by atoms with Crippen molar-refractivity contribution in [1.29, 1.82) is 5.26 Å². The topological polar surface area (TPSA) is 97.7 Å². The van der Waals surface area contributed by atoms with Crippen LogP contribution in [-0.2, 0) is 20.7 Å². The number of rotatable bonds is 5. The first-order chi connectivity index (χ1) is 12.6. The van der Waals surface area contributed by atoms with Gasteiger partial charge in [-0.05, 0) is 36.1 Å². The molecule has 2 heterocycles. The minimum atomic E-state index is -0.978. The highest BCUT2D eigenvalue weighted by Gasteiger charge is 2.20. The van der Waals surface area contributed by atoms with Crippen molar-refractivity contribution in [2.24, 2.45) is 0 Å². The molecule has 0 fully saturated rings. The minimum absolute atomic E-state index is 0.0106. The second-order valence-electron chi connectivity index (χ2n) is 5.55. The van der Waals surface area contributed by atoms with E-state index in [1.54, 1.807) is 29.6 Å². The average molecular weight is 372 g/mol. The van der Waals surface area contributed by atoms with Gasteiger partial charge in [0.05, 0.1) is 12.0 Å². The number of esters is 1. The van der Waals surface area contributed by atoms with Gasteiger partial charge in [0.2, 0.25) is 0 Å². The Bertz CT molecular complexity index is 871. The molecule has 1 aliphatic heterocycles. The fraction of sp³-hybridized carbons (Fsp3) is 0.278. The van der Waals surface area contributed by atoms with E-state index in [1.807, 2.05) is 6.07 Å². The van der Waals surface area contributed by atoms with Gasteiger partial charge in [-0.15, -0.1) is 11.3 Å². The molecule has 3 rings (SSSR count). The lowest BCUT2D eigenvalue weighted by Gasteiger charge is -2.19. The molecule has 1 atom stereocenters. The second-order valence-corrected chi connectivity index (χ2v) is 6.47. The number of ether oxygens (including phenoxy) is 3. The van der Waals surface area contributed by atoms with E-state index in [0.717, 1.165) is 0 Å². The van der Waals surface area contributed by atoms with E-state index in [4.69, 9.17) is 19.5 Å². The van der Waals surface area contributed by atoms with Gasteiger partial charge in [0, 0.05) is 0 Å². The van der Waals surface area contributed by atoms with Crippen LogP contribution in [0.4, 0.5) is 5.00 Å². The number of hydrogen-bond acceptors (Lipinski definition) is 7. The Labute approximate surface area is 154 Å². The summed E-state index contributed by atoms with van der Waals surface area (Å²) in [5, 5.41) is 13.7. The summed E-state index contributed by atoms with van der Waals surface area (Å²) >= 11 is 1.23. The highest BCUT2D eigenvalue weighted by molar-refractivity contribution is 7.14. The van der Waals surface area contributed by atoms with Crippen LogP contribution in [0.2, 0.25) is 0 Å². The van der Waals surface area contributed by atoms with Crippen molar-refractivity contribution in [3.05, 3.63) is 40.8 Å². The van der Waals surface area contributed by atoms with Crippen LogP contribution in [-0.4, -0.2) is 31.2 Å². The number of nitriles is 1. The van der Waals surface area contributed by atoms with Gasteiger partial charge in [-0.3, -0.25) is 9.59 Å². The van der Waals surface area contributed by atoms with Crippen molar-refractivity contribution < 1.29 is 23.8 Å². The molecule has 7 nitrogen and oxygen atoms in total. The zero-order chi connectivity index (χ0) is 18.5. The third kappa shape index (κ3) is 4.13. The zero-order valence-corrected chi connectivity index (χ0v) is 14.8. The number of amides is 1. The molecule has 1 aliphatic rings. The van der Waals surface area contributed by atoms with E-state index in [1.165, 1.54) is 18.3 Å². The molecule has 0 aliphatic carbocycles. The summed E-state index contributed by atoms with van der Waals surface area (Å²) < 4.78 is 16.1.